The molecule has 0 unspecified atom stereocenters. The Morgan fingerprint density at radius 3 is 2.63 bits per heavy atom. The number of anilines is 2. The van der Waals surface area contributed by atoms with Gasteiger partial charge in [0.1, 0.15) is 17.0 Å². The molecule has 0 aliphatic rings. The van der Waals surface area contributed by atoms with Gasteiger partial charge in [0.15, 0.2) is 5.11 Å². The summed E-state index contributed by atoms with van der Waals surface area (Å²) in [5, 5.41) is 17.3. The number of nitrogens with one attached hydrogen (secondary N) is 2. The quantitative estimate of drug-likeness (QED) is 0.236. The van der Waals surface area contributed by atoms with Gasteiger partial charge in [-0.1, -0.05) is 30.3 Å². The van der Waals surface area contributed by atoms with Gasteiger partial charge in [-0.05, 0) is 36.8 Å². The second-order valence-electron chi connectivity index (χ2n) is 6.08. The van der Waals surface area contributed by atoms with Gasteiger partial charge in [-0.15, -0.1) is 11.3 Å². The van der Waals surface area contributed by atoms with E-state index in [0.29, 0.717) is 22.8 Å². The van der Waals surface area contributed by atoms with Crippen molar-refractivity contribution in [3.63, 3.8) is 0 Å². The molecule has 2 heterocycles. The standard InChI is InChI=1S/C20H18N4O4S2/c1-2-28-19(25)16-11-15(10-13-6-4-3-5-7-13)30-18(16)23-20(29)22-17-9-8-14(12-21-17)24(26)27/h3-9,11-12H,2,10H2,1H3,(H2,21,22,23,29). The van der Waals surface area contributed by atoms with Crippen LogP contribution in [0.1, 0.15) is 27.7 Å². The molecule has 8 nitrogen and oxygen atoms in total. The molecule has 0 saturated heterocycles. The van der Waals surface area contributed by atoms with Crippen molar-refractivity contribution in [2.45, 2.75) is 13.3 Å². The molecule has 0 aliphatic heterocycles. The molecule has 0 saturated carbocycles. The zero-order valence-electron chi connectivity index (χ0n) is 16.0. The van der Waals surface area contributed by atoms with Gasteiger partial charge >= 0.3 is 5.97 Å². The fraction of sp³-hybridized carbons (Fsp3) is 0.150. The molecule has 0 atom stereocenters. The number of carbonyl (C=O) groups is 1. The van der Waals surface area contributed by atoms with Crippen molar-refractivity contribution in [2.24, 2.45) is 0 Å². The number of hydrogen-bond acceptors (Lipinski definition) is 7. The minimum atomic E-state index is -0.529. The molecule has 0 spiro atoms. The first kappa shape index (κ1) is 21.3. The number of ether oxygens (including phenoxy) is 1. The number of nitrogens with zero attached hydrogens (tertiary/aromatic N) is 2. The van der Waals surface area contributed by atoms with Crippen LogP contribution in [-0.2, 0) is 11.2 Å². The number of esters is 1. The van der Waals surface area contributed by atoms with E-state index in [1.807, 2.05) is 30.3 Å². The fourth-order valence-corrected chi connectivity index (χ4v) is 3.95. The van der Waals surface area contributed by atoms with Crippen LogP contribution in [-0.4, -0.2) is 27.6 Å². The molecule has 0 radical (unpaired) electrons. The first-order chi connectivity index (χ1) is 14.5. The van der Waals surface area contributed by atoms with Crippen molar-refractivity contribution in [2.75, 3.05) is 17.2 Å². The molecule has 1 aromatic carbocycles. The van der Waals surface area contributed by atoms with Crippen LogP contribution in [0.5, 0.6) is 0 Å². The lowest BCUT2D eigenvalue weighted by Gasteiger charge is -2.09. The Hall–Kier alpha value is -3.37. The van der Waals surface area contributed by atoms with Crippen LogP contribution < -0.4 is 10.6 Å². The zero-order chi connectivity index (χ0) is 21.5. The number of aromatic nitrogens is 1. The first-order valence-corrected chi connectivity index (χ1v) is 10.2. The molecular formula is C20H18N4O4S2. The molecule has 0 aliphatic carbocycles. The van der Waals surface area contributed by atoms with Crippen molar-refractivity contribution in [3.8, 4) is 0 Å². The van der Waals surface area contributed by atoms with E-state index < -0.39 is 10.9 Å². The highest BCUT2D eigenvalue weighted by molar-refractivity contribution is 7.80. The smallest absolute Gasteiger partial charge is 0.341 e. The van der Waals surface area contributed by atoms with Gasteiger partial charge < -0.3 is 15.4 Å². The predicted octanol–water partition coefficient (Wildman–Crippen LogP) is 4.63. The summed E-state index contributed by atoms with van der Waals surface area (Å²) in [4.78, 5) is 27.5. The van der Waals surface area contributed by atoms with Crippen LogP contribution in [0, 0.1) is 10.1 Å². The summed E-state index contributed by atoms with van der Waals surface area (Å²) in [5.41, 5.74) is 1.40. The topological polar surface area (TPSA) is 106 Å². The molecular weight excluding hydrogens is 424 g/mol. The van der Waals surface area contributed by atoms with Gasteiger partial charge in [0.25, 0.3) is 5.69 Å². The van der Waals surface area contributed by atoms with Gasteiger partial charge in [-0.3, -0.25) is 10.1 Å². The monoisotopic (exact) mass is 442 g/mol. The molecule has 3 rings (SSSR count). The molecule has 154 valence electrons. The summed E-state index contributed by atoms with van der Waals surface area (Å²) in [7, 11) is 0. The molecule has 0 bridgehead atoms. The van der Waals surface area contributed by atoms with Crippen molar-refractivity contribution < 1.29 is 14.5 Å². The van der Waals surface area contributed by atoms with E-state index in [4.69, 9.17) is 17.0 Å². The summed E-state index contributed by atoms with van der Waals surface area (Å²) < 4.78 is 5.16. The average Bonchev–Trinajstić information content (AvgIpc) is 3.11. The molecule has 0 fully saturated rings. The van der Waals surface area contributed by atoms with Crippen LogP contribution in [0.3, 0.4) is 0 Å². The van der Waals surface area contributed by atoms with Gasteiger partial charge in [0, 0.05) is 17.4 Å². The van der Waals surface area contributed by atoms with Crippen LogP contribution in [0.15, 0.2) is 54.7 Å². The Bertz CT molecular complexity index is 1050. The maximum Gasteiger partial charge on any atom is 0.341 e. The van der Waals surface area contributed by atoms with Crippen LogP contribution in [0.2, 0.25) is 0 Å². The normalized spacial score (nSPS) is 10.3. The number of nitro groups is 1. The van der Waals surface area contributed by atoms with E-state index in [0.717, 1.165) is 16.6 Å². The lowest BCUT2D eigenvalue weighted by molar-refractivity contribution is -0.385. The predicted molar refractivity (Wildman–Crippen MR) is 120 cm³/mol. The summed E-state index contributed by atoms with van der Waals surface area (Å²) in [6.07, 6.45) is 1.81. The Labute approximate surface area is 182 Å². The highest BCUT2D eigenvalue weighted by Gasteiger charge is 2.19. The molecule has 0 amide bonds. The summed E-state index contributed by atoms with van der Waals surface area (Å²) in [6.45, 7) is 2.01. The highest BCUT2D eigenvalue weighted by atomic mass is 32.1. The average molecular weight is 443 g/mol. The van der Waals surface area contributed by atoms with Gasteiger partial charge in [0.2, 0.25) is 0 Å². The molecule has 2 N–H and O–H groups in total. The summed E-state index contributed by atoms with van der Waals surface area (Å²) in [6, 6.07) is 14.5. The molecule has 30 heavy (non-hydrogen) atoms. The maximum absolute atomic E-state index is 12.4. The largest absolute Gasteiger partial charge is 0.462 e. The number of carbonyl (C=O) groups excluding carboxylic acids is 1. The Kier molecular flexibility index (Phi) is 7.04. The van der Waals surface area contributed by atoms with Crippen LogP contribution >= 0.6 is 23.6 Å². The molecule has 3 aromatic rings. The molecule has 10 heteroatoms. The number of pyridine rings is 1. The lowest BCUT2D eigenvalue weighted by Crippen LogP contribution is -2.20. The SMILES string of the molecule is CCOC(=O)c1cc(Cc2ccccc2)sc1NC(=S)Nc1ccc([N+](=O)[O-])cn1. The third kappa shape index (κ3) is 5.58. The van der Waals surface area contributed by atoms with Gasteiger partial charge in [-0.2, -0.15) is 0 Å². The Morgan fingerprint density at radius 1 is 1.23 bits per heavy atom. The first-order valence-electron chi connectivity index (χ1n) is 8.98. The van der Waals surface area contributed by atoms with Crippen LogP contribution in [0.25, 0.3) is 0 Å². The van der Waals surface area contributed by atoms with Crippen molar-refractivity contribution >= 4 is 51.1 Å². The third-order valence-corrected chi connectivity index (χ3v) is 5.18. The van der Waals surface area contributed by atoms with E-state index in [-0.39, 0.29) is 17.4 Å². The second-order valence-corrected chi connectivity index (χ2v) is 7.62. The minimum Gasteiger partial charge on any atom is -0.462 e. The highest BCUT2D eigenvalue weighted by Crippen LogP contribution is 2.31. The third-order valence-electron chi connectivity index (χ3n) is 3.93. The van der Waals surface area contributed by atoms with E-state index in [9.17, 15) is 14.9 Å². The second kappa shape index (κ2) is 9.90. The van der Waals surface area contributed by atoms with E-state index in [1.54, 1.807) is 13.0 Å². The van der Waals surface area contributed by atoms with E-state index in [2.05, 4.69) is 15.6 Å². The molecule has 2 aromatic heterocycles. The number of thiocarbonyl (C=S) groups is 1. The van der Waals surface area contributed by atoms with Crippen molar-refractivity contribution in [3.05, 3.63) is 80.8 Å². The lowest BCUT2D eigenvalue weighted by atomic mass is 10.1. The van der Waals surface area contributed by atoms with Crippen molar-refractivity contribution in [1.82, 2.24) is 4.98 Å². The number of benzene rings is 1. The van der Waals surface area contributed by atoms with E-state index >= 15 is 0 Å². The summed E-state index contributed by atoms with van der Waals surface area (Å²) >= 11 is 6.72. The van der Waals surface area contributed by atoms with Gasteiger partial charge in [0.05, 0.1) is 17.1 Å². The number of rotatable bonds is 7. The maximum atomic E-state index is 12.4. The van der Waals surface area contributed by atoms with Gasteiger partial charge in [-0.25, -0.2) is 9.78 Å². The zero-order valence-corrected chi connectivity index (χ0v) is 17.6. The van der Waals surface area contributed by atoms with Crippen molar-refractivity contribution in [1.29, 1.82) is 0 Å². The number of hydrogen-bond donors (Lipinski definition) is 2. The van der Waals surface area contributed by atoms with E-state index in [1.165, 1.54) is 23.5 Å². The summed E-state index contributed by atoms with van der Waals surface area (Å²) in [5.74, 6) is -0.0938. The Balaban J connectivity index is 1.76. The van der Waals surface area contributed by atoms with Crippen LogP contribution in [0.4, 0.5) is 16.5 Å². The fourth-order valence-electron chi connectivity index (χ4n) is 2.60. The minimum absolute atomic E-state index is 0.118. The Morgan fingerprint density at radius 2 is 2.00 bits per heavy atom. The number of thiophene rings is 1.